The normalized spacial score (nSPS) is 10.6. The van der Waals surface area contributed by atoms with Crippen LogP contribution in [0.25, 0.3) is 11.1 Å². The maximum atomic E-state index is 11.2. The van der Waals surface area contributed by atoms with Crippen LogP contribution in [0, 0.1) is 0 Å². The maximum Gasteiger partial charge on any atom is 0.306 e. The summed E-state index contributed by atoms with van der Waals surface area (Å²) >= 11 is 0. The molecule has 0 aliphatic carbocycles. The second-order valence-electron chi connectivity index (χ2n) is 3.88. The highest BCUT2D eigenvalue weighted by molar-refractivity contribution is 5.96. The average molecular weight is 263 g/mol. The van der Waals surface area contributed by atoms with E-state index in [0.717, 1.165) is 0 Å². The zero-order valence-electron chi connectivity index (χ0n) is 10.4. The number of oxazole rings is 1. The fourth-order valence-corrected chi connectivity index (χ4v) is 1.71. The minimum Gasteiger partial charge on any atom is -0.507 e. The molecule has 6 heteroatoms. The molecule has 0 radical (unpaired) electrons. The summed E-state index contributed by atoms with van der Waals surface area (Å²) in [6, 6.07) is 2.89. The third-order valence-corrected chi connectivity index (χ3v) is 2.59. The first-order valence-electron chi connectivity index (χ1n) is 5.88. The molecule has 2 rings (SSSR count). The molecule has 6 nitrogen and oxygen atoms in total. The van der Waals surface area contributed by atoms with Crippen LogP contribution < -0.4 is 0 Å². The smallest absolute Gasteiger partial charge is 0.306 e. The van der Waals surface area contributed by atoms with Gasteiger partial charge in [0.25, 0.3) is 0 Å². The van der Waals surface area contributed by atoms with Gasteiger partial charge in [0.1, 0.15) is 11.3 Å². The molecule has 0 atom stereocenters. The lowest BCUT2D eigenvalue weighted by atomic mass is 10.2. The van der Waals surface area contributed by atoms with E-state index in [1.54, 1.807) is 6.92 Å². The Balaban J connectivity index is 2.22. The number of ether oxygens (including phenoxy) is 1. The number of aldehydes is 1. The van der Waals surface area contributed by atoms with Crippen molar-refractivity contribution in [2.75, 3.05) is 6.61 Å². The van der Waals surface area contributed by atoms with Crippen molar-refractivity contribution in [3.05, 3.63) is 23.6 Å². The van der Waals surface area contributed by atoms with E-state index in [1.807, 2.05) is 0 Å². The number of aromatic nitrogens is 1. The van der Waals surface area contributed by atoms with Gasteiger partial charge in [0.2, 0.25) is 0 Å². The fourth-order valence-electron chi connectivity index (χ4n) is 1.71. The Kier molecular flexibility index (Phi) is 3.79. The summed E-state index contributed by atoms with van der Waals surface area (Å²) in [7, 11) is 0. The van der Waals surface area contributed by atoms with Crippen LogP contribution in [0.1, 0.15) is 29.6 Å². The third-order valence-electron chi connectivity index (χ3n) is 2.59. The number of hydrogen-bond donors (Lipinski definition) is 1. The molecule has 0 aliphatic heterocycles. The molecule has 0 unspecified atom stereocenters. The molecule has 0 amide bonds. The van der Waals surface area contributed by atoms with E-state index in [2.05, 4.69) is 4.98 Å². The second-order valence-corrected chi connectivity index (χ2v) is 3.88. The average Bonchev–Trinajstić information content (AvgIpc) is 2.80. The Labute approximate surface area is 109 Å². The molecule has 19 heavy (non-hydrogen) atoms. The van der Waals surface area contributed by atoms with Gasteiger partial charge in [-0.3, -0.25) is 9.59 Å². The molecule has 1 aromatic heterocycles. The monoisotopic (exact) mass is 263 g/mol. The van der Waals surface area contributed by atoms with E-state index in [-0.39, 0.29) is 30.1 Å². The SMILES string of the molecule is CCOC(=O)CCc1nc2c(C=O)c(O)ccc2o1. The predicted octanol–water partition coefficient (Wildman–Crippen LogP) is 1.84. The van der Waals surface area contributed by atoms with Crippen LogP contribution in [0.3, 0.4) is 0 Å². The van der Waals surface area contributed by atoms with Gasteiger partial charge < -0.3 is 14.3 Å². The minimum atomic E-state index is -0.330. The standard InChI is InChI=1S/C13H13NO5/c1-2-18-12(17)6-5-11-14-13-8(7-15)9(16)3-4-10(13)19-11/h3-4,7,16H,2,5-6H2,1H3. The third kappa shape index (κ3) is 2.73. The number of esters is 1. The summed E-state index contributed by atoms with van der Waals surface area (Å²) < 4.78 is 10.2. The van der Waals surface area contributed by atoms with E-state index in [0.29, 0.717) is 29.9 Å². The summed E-state index contributed by atoms with van der Waals surface area (Å²) in [6.45, 7) is 2.06. The second kappa shape index (κ2) is 5.51. The highest BCUT2D eigenvalue weighted by Crippen LogP contribution is 2.26. The summed E-state index contributed by atoms with van der Waals surface area (Å²) in [5.74, 6) is -0.146. The van der Waals surface area contributed by atoms with Crippen molar-refractivity contribution in [3.8, 4) is 5.75 Å². The fraction of sp³-hybridized carbons (Fsp3) is 0.308. The number of nitrogens with zero attached hydrogens (tertiary/aromatic N) is 1. The van der Waals surface area contributed by atoms with Gasteiger partial charge in [-0.1, -0.05) is 0 Å². The number of benzene rings is 1. The van der Waals surface area contributed by atoms with E-state index in [4.69, 9.17) is 9.15 Å². The lowest BCUT2D eigenvalue weighted by Crippen LogP contribution is -2.05. The van der Waals surface area contributed by atoms with Gasteiger partial charge in [-0.05, 0) is 19.1 Å². The number of phenolic OH excluding ortho intramolecular Hbond substituents is 1. The number of hydrogen-bond acceptors (Lipinski definition) is 6. The molecule has 0 spiro atoms. The van der Waals surface area contributed by atoms with Crippen LogP contribution in [0.15, 0.2) is 16.5 Å². The lowest BCUT2D eigenvalue weighted by molar-refractivity contribution is -0.143. The number of aryl methyl sites for hydroxylation is 1. The summed E-state index contributed by atoms with van der Waals surface area (Å²) in [5.41, 5.74) is 0.788. The van der Waals surface area contributed by atoms with E-state index in [9.17, 15) is 14.7 Å². The van der Waals surface area contributed by atoms with Gasteiger partial charge in [-0.15, -0.1) is 0 Å². The molecule has 2 aromatic rings. The molecule has 0 saturated carbocycles. The molecule has 1 aromatic carbocycles. The van der Waals surface area contributed by atoms with E-state index < -0.39 is 0 Å². The molecule has 0 saturated heterocycles. The molecular weight excluding hydrogens is 250 g/mol. The first kappa shape index (κ1) is 13.1. The van der Waals surface area contributed by atoms with Crippen LogP contribution >= 0.6 is 0 Å². The molecule has 0 fully saturated rings. The Morgan fingerprint density at radius 3 is 3.00 bits per heavy atom. The van der Waals surface area contributed by atoms with Gasteiger partial charge in [0.15, 0.2) is 17.8 Å². The quantitative estimate of drug-likeness (QED) is 0.654. The van der Waals surface area contributed by atoms with Crippen molar-refractivity contribution in [2.24, 2.45) is 0 Å². The van der Waals surface area contributed by atoms with Crippen molar-refractivity contribution in [1.82, 2.24) is 4.98 Å². The number of fused-ring (bicyclic) bond motifs is 1. The zero-order chi connectivity index (χ0) is 13.8. The Hall–Kier alpha value is -2.37. The van der Waals surface area contributed by atoms with E-state index >= 15 is 0 Å². The maximum absolute atomic E-state index is 11.2. The van der Waals surface area contributed by atoms with Gasteiger partial charge >= 0.3 is 5.97 Å². The van der Waals surface area contributed by atoms with Crippen molar-refractivity contribution >= 4 is 23.4 Å². The van der Waals surface area contributed by atoms with Gasteiger partial charge in [-0.2, -0.15) is 0 Å². The molecular formula is C13H13NO5. The summed E-state index contributed by atoms with van der Waals surface area (Å²) in [6.07, 6.45) is 0.963. The molecule has 0 aliphatic rings. The molecule has 1 heterocycles. The molecule has 1 N–H and O–H groups in total. The van der Waals surface area contributed by atoms with Crippen LogP contribution in [0.5, 0.6) is 5.75 Å². The van der Waals surface area contributed by atoms with E-state index in [1.165, 1.54) is 12.1 Å². The minimum absolute atomic E-state index is 0.0867. The highest BCUT2D eigenvalue weighted by atomic mass is 16.5. The van der Waals surface area contributed by atoms with Gasteiger partial charge in [0.05, 0.1) is 18.6 Å². The number of aromatic hydroxyl groups is 1. The van der Waals surface area contributed by atoms with Crippen molar-refractivity contribution in [1.29, 1.82) is 0 Å². The summed E-state index contributed by atoms with van der Waals surface area (Å²) in [4.78, 5) is 26.2. The topological polar surface area (TPSA) is 89.6 Å². The summed E-state index contributed by atoms with van der Waals surface area (Å²) in [5, 5.41) is 9.52. The van der Waals surface area contributed by atoms with Crippen LogP contribution in [0.4, 0.5) is 0 Å². The Bertz CT molecular complexity index is 617. The first-order chi connectivity index (χ1) is 9.15. The van der Waals surface area contributed by atoms with Crippen molar-refractivity contribution in [2.45, 2.75) is 19.8 Å². The Morgan fingerprint density at radius 1 is 1.53 bits per heavy atom. The highest BCUT2D eigenvalue weighted by Gasteiger charge is 2.14. The lowest BCUT2D eigenvalue weighted by Gasteiger charge is -1.98. The van der Waals surface area contributed by atoms with Crippen molar-refractivity contribution < 1.29 is 23.8 Å². The van der Waals surface area contributed by atoms with Crippen LogP contribution in [-0.4, -0.2) is 29.0 Å². The zero-order valence-corrected chi connectivity index (χ0v) is 10.4. The number of phenols is 1. The number of rotatable bonds is 5. The van der Waals surface area contributed by atoms with Crippen LogP contribution in [0.2, 0.25) is 0 Å². The molecule has 0 bridgehead atoms. The number of carbonyl (C=O) groups excluding carboxylic acids is 2. The largest absolute Gasteiger partial charge is 0.507 e. The Morgan fingerprint density at radius 2 is 2.32 bits per heavy atom. The first-order valence-corrected chi connectivity index (χ1v) is 5.88. The van der Waals surface area contributed by atoms with Crippen LogP contribution in [-0.2, 0) is 16.0 Å². The van der Waals surface area contributed by atoms with Gasteiger partial charge in [-0.25, -0.2) is 4.98 Å². The van der Waals surface area contributed by atoms with Gasteiger partial charge in [0, 0.05) is 6.42 Å². The van der Waals surface area contributed by atoms with Crippen molar-refractivity contribution in [3.63, 3.8) is 0 Å². The molecule has 100 valence electrons. The number of carbonyl (C=O) groups is 2. The predicted molar refractivity (Wildman–Crippen MR) is 66.0 cm³/mol.